The summed E-state index contributed by atoms with van der Waals surface area (Å²) in [6, 6.07) is 0. The van der Waals surface area contributed by atoms with Crippen molar-refractivity contribution in [1.29, 1.82) is 5.41 Å². The predicted molar refractivity (Wildman–Crippen MR) is 83.9 cm³/mol. The van der Waals surface area contributed by atoms with Crippen LogP contribution in [0.25, 0.3) is 0 Å². The summed E-state index contributed by atoms with van der Waals surface area (Å²) in [6.07, 6.45) is 6.40. The molecular formula is C16H26N4O. The molecule has 1 aromatic heterocycles. The minimum atomic E-state index is 0.0231. The second-order valence-electron chi connectivity index (χ2n) is 5.84. The van der Waals surface area contributed by atoms with Gasteiger partial charge in [0.2, 0.25) is 5.88 Å². The van der Waals surface area contributed by atoms with Gasteiger partial charge in [-0.25, -0.2) is 0 Å². The molecule has 0 aliphatic heterocycles. The third-order valence-corrected chi connectivity index (χ3v) is 4.38. The van der Waals surface area contributed by atoms with Crippen LogP contribution in [0.15, 0.2) is 0 Å². The number of rotatable bonds is 5. The van der Waals surface area contributed by atoms with Crippen LogP contribution in [0.4, 0.5) is 0 Å². The smallest absolute Gasteiger partial charge is 0.245 e. The van der Waals surface area contributed by atoms with Crippen LogP contribution >= 0.6 is 0 Å². The van der Waals surface area contributed by atoms with Gasteiger partial charge in [0.15, 0.2) is 0 Å². The summed E-state index contributed by atoms with van der Waals surface area (Å²) >= 11 is 0. The maximum atomic E-state index is 7.89. The Kier molecular flexibility index (Phi) is 5.15. The number of nitrogens with two attached hydrogens (primary N) is 1. The quantitative estimate of drug-likeness (QED) is 0.645. The zero-order chi connectivity index (χ0) is 15.4. The summed E-state index contributed by atoms with van der Waals surface area (Å²) in [4.78, 5) is 0. The van der Waals surface area contributed by atoms with Gasteiger partial charge in [0, 0.05) is 0 Å². The first-order valence-corrected chi connectivity index (χ1v) is 7.97. The van der Waals surface area contributed by atoms with E-state index in [1.807, 2.05) is 6.92 Å². The zero-order valence-electron chi connectivity index (χ0n) is 13.3. The van der Waals surface area contributed by atoms with Crippen LogP contribution in [-0.2, 0) is 12.8 Å². The van der Waals surface area contributed by atoms with Gasteiger partial charge in [-0.05, 0) is 43.6 Å². The van der Waals surface area contributed by atoms with Crippen LogP contribution in [-0.4, -0.2) is 22.1 Å². The number of hydrogen-bond donors (Lipinski definition) is 2. The first-order chi connectivity index (χ1) is 10.1. The molecule has 5 heteroatoms. The monoisotopic (exact) mass is 290 g/mol. The minimum absolute atomic E-state index is 0.0231. The number of nitrogen functional groups attached to an aromatic ring is 1. The molecule has 2 atom stereocenters. The highest BCUT2D eigenvalue weighted by Crippen LogP contribution is 2.30. The molecule has 1 aliphatic carbocycles. The van der Waals surface area contributed by atoms with E-state index in [2.05, 4.69) is 24.0 Å². The Labute approximate surface area is 126 Å². The van der Waals surface area contributed by atoms with Crippen molar-refractivity contribution >= 4 is 5.84 Å². The lowest BCUT2D eigenvalue weighted by atomic mass is 9.88. The second-order valence-corrected chi connectivity index (χ2v) is 5.84. The van der Waals surface area contributed by atoms with Gasteiger partial charge in [-0.3, -0.25) is 5.41 Å². The molecular weight excluding hydrogens is 264 g/mol. The highest BCUT2D eigenvalue weighted by molar-refractivity contribution is 5.98. The van der Waals surface area contributed by atoms with Crippen molar-refractivity contribution in [1.82, 2.24) is 10.2 Å². The molecule has 1 aromatic rings. The van der Waals surface area contributed by atoms with E-state index in [4.69, 9.17) is 15.9 Å². The summed E-state index contributed by atoms with van der Waals surface area (Å²) in [6.45, 7) is 6.30. The van der Waals surface area contributed by atoms with Crippen molar-refractivity contribution in [2.45, 2.75) is 65.4 Å². The average Bonchev–Trinajstić information content (AvgIpc) is 2.48. The van der Waals surface area contributed by atoms with Crippen molar-refractivity contribution < 1.29 is 4.74 Å². The highest BCUT2D eigenvalue weighted by Gasteiger charge is 2.26. The van der Waals surface area contributed by atoms with E-state index >= 15 is 0 Å². The SMILES string of the molecule is CCc1nnc(OC2CCCCC2C)c(C(=N)N)c1CC. The minimum Gasteiger partial charge on any atom is -0.472 e. The van der Waals surface area contributed by atoms with Gasteiger partial charge in [0.1, 0.15) is 11.9 Å². The molecule has 0 aromatic carbocycles. The van der Waals surface area contributed by atoms with E-state index in [0.717, 1.165) is 30.5 Å². The van der Waals surface area contributed by atoms with Gasteiger partial charge in [-0.1, -0.05) is 27.2 Å². The molecule has 0 saturated heterocycles. The maximum Gasteiger partial charge on any atom is 0.245 e. The third kappa shape index (κ3) is 3.34. The molecule has 2 rings (SSSR count). The summed E-state index contributed by atoms with van der Waals surface area (Å²) in [5.74, 6) is 0.974. The first kappa shape index (κ1) is 15.7. The fourth-order valence-corrected chi connectivity index (χ4v) is 3.12. The van der Waals surface area contributed by atoms with Crippen LogP contribution in [0.3, 0.4) is 0 Å². The Hall–Kier alpha value is -1.65. The average molecular weight is 290 g/mol. The molecule has 0 radical (unpaired) electrons. The number of hydrogen-bond acceptors (Lipinski definition) is 4. The second kappa shape index (κ2) is 6.87. The van der Waals surface area contributed by atoms with Crippen molar-refractivity contribution in [2.75, 3.05) is 0 Å². The molecule has 1 aliphatic rings. The topological polar surface area (TPSA) is 84.9 Å². The lowest BCUT2D eigenvalue weighted by Gasteiger charge is -2.29. The fourth-order valence-electron chi connectivity index (χ4n) is 3.12. The van der Waals surface area contributed by atoms with E-state index in [9.17, 15) is 0 Å². The summed E-state index contributed by atoms with van der Waals surface area (Å²) in [5.41, 5.74) is 8.34. The van der Waals surface area contributed by atoms with Gasteiger partial charge in [-0.15, -0.1) is 5.10 Å². The number of nitrogens with zero attached hydrogens (tertiary/aromatic N) is 2. The van der Waals surface area contributed by atoms with Crippen molar-refractivity contribution in [2.24, 2.45) is 11.7 Å². The van der Waals surface area contributed by atoms with Gasteiger partial charge >= 0.3 is 0 Å². The van der Waals surface area contributed by atoms with Crippen LogP contribution in [0.5, 0.6) is 5.88 Å². The highest BCUT2D eigenvalue weighted by atomic mass is 16.5. The van der Waals surface area contributed by atoms with E-state index in [1.165, 1.54) is 19.3 Å². The molecule has 0 bridgehead atoms. The first-order valence-electron chi connectivity index (χ1n) is 7.97. The molecule has 21 heavy (non-hydrogen) atoms. The molecule has 1 saturated carbocycles. The Morgan fingerprint density at radius 1 is 1.24 bits per heavy atom. The van der Waals surface area contributed by atoms with Crippen LogP contribution in [0.1, 0.15) is 63.3 Å². The molecule has 116 valence electrons. The predicted octanol–water partition coefficient (Wildman–Crippen LogP) is 2.84. The normalized spacial score (nSPS) is 22.0. The Morgan fingerprint density at radius 3 is 2.52 bits per heavy atom. The molecule has 0 amide bonds. The zero-order valence-corrected chi connectivity index (χ0v) is 13.3. The van der Waals surface area contributed by atoms with Crippen LogP contribution in [0, 0.1) is 11.3 Å². The Bertz CT molecular complexity index is 515. The van der Waals surface area contributed by atoms with Gasteiger partial charge < -0.3 is 10.5 Å². The number of ether oxygens (including phenoxy) is 1. The largest absolute Gasteiger partial charge is 0.472 e. The van der Waals surface area contributed by atoms with Crippen molar-refractivity contribution in [3.05, 3.63) is 16.8 Å². The molecule has 1 heterocycles. The molecule has 3 N–H and O–H groups in total. The number of aromatic nitrogens is 2. The van der Waals surface area contributed by atoms with Gasteiger partial charge in [0.25, 0.3) is 0 Å². The third-order valence-electron chi connectivity index (χ3n) is 4.38. The summed E-state index contributed by atoms with van der Waals surface area (Å²) in [7, 11) is 0. The molecule has 1 fully saturated rings. The summed E-state index contributed by atoms with van der Waals surface area (Å²) < 4.78 is 6.11. The molecule has 2 unspecified atom stereocenters. The van der Waals surface area contributed by atoms with E-state index in [1.54, 1.807) is 0 Å². The Morgan fingerprint density at radius 2 is 1.95 bits per heavy atom. The number of aryl methyl sites for hydroxylation is 1. The van der Waals surface area contributed by atoms with Gasteiger partial charge in [-0.2, -0.15) is 5.10 Å². The summed E-state index contributed by atoms with van der Waals surface area (Å²) in [5, 5.41) is 16.4. The lowest BCUT2D eigenvalue weighted by Crippen LogP contribution is -2.30. The van der Waals surface area contributed by atoms with Crippen molar-refractivity contribution in [3.63, 3.8) is 0 Å². The lowest BCUT2D eigenvalue weighted by molar-refractivity contribution is 0.0960. The van der Waals surface area contributed by atoms with Crippen molar-refractivity contribution in [3.8, 4) is 5.88 Å². The van der Waals surface area contributed by atoms with Crippen LogP contribution < -0.4 is 10.5 Å². The van der Waals surface area contributed by atoms with E-state index in [-0.39, 0.29) is 11.9 Å². The van der Waals surface area contributed by atoms with Crippen LogP contribution in [0.2, 0.25) is 0 Å². The Balaban J connectivity index is 2.36. The standard InChI is InChI=1S/C16H26N4O/c1-4-11-12(5-2)19-20-16(14(11)15(17)18)21-13-9-7-6-8-10(13)3/h10,13H,4-9H2,1-3H3,(H3,17,18). The molecule has 5 nitrogen and oxygen atoms in total. The number of nitrogens with one attached hydrogen (secondary N) is 1. The van der Waals surface area contributed by atoms with E-state index in [0.29, 0.717) is 17.4 Å². The number of amidine groups is 1. The van der Waals surface area contributed by atoms with Gasteiger partial charge in [0.05, 0.1) is 11.3 Å². The molecule has 0 spiro atoms. The maximum absolute atomic E-state index is 7.89. The fraction of sp³-hybridized carbons (Fsp3) is 0.688. The van der Waals surface area contributed by atoms with E-state index < -0.39 is 0 Å².